The van der Waals surface area contributed by atoms with Gasteiger partial charge in [0.15, 0.2) is 0 Å². The molecular weight excluding hydrogens is 242 g/mol. The number of nitrogens with zero attached hydrogens (tertiary/aromatic N) is 2. The van der Waals surface area contributed by atoms with Gasteiger partial charge < -0.3 is 9.88 Å². The lowest BCUT2D eigenvalue weighted by Gasteiger charge is -2.08. The second kappa shape index (κ2) is 5.06. The number of hydrogen-bond donors (Lipinski definition) is 1. The maximum absolute atomic E-state index is 4.07. The molecule has 90 valence electrons. The zero-order valence-corrected chi connectivity index (χ0v) is 10.6. The Hall–Kier alpha value is -2.07. The Labute approximate surface area is 110 Å². The number of benzene rings is 1. The van der Waals surface area contributed by atoms with Crippen LogP contribution in [0.3, 0.4) is 0 Å². The Morgan fingerprint density at radius 2 is 2.06 bits per heavy atom. The minimum atomic E-state index is 0.819. The van der Waals surface area contributed by atoms with Gasteiger partial charge in [-0.2, -0.15) is 0 Å². The number of thiazole rings is 1. The van der Waals surface area contributed by atoms with E-state index in [0.29, 0.717) is 0 Å². The van der Waals surface area contributed by atoms with Crippen LogP contribution in [0.5, 0.6) is 0 Å². The summed E-state index contributed by atoms with van der Waals surface area (Å²) in [5, 5.41) is 3.41. The second-order valence-corrected chi connectivity index (χ2v) is 4.93. The fourth-order valence-electron chi connectivity index (χ4n) is 1.80. The van der Waals surface area contributed by atoms with Gasteiger partial charge in [-0.1, -0.05) is 6.07 Å². The van der Waals surface area contributed by atoms with Crippen molar-refractivity contribution in [3.63, 3.8) is 0 Å². The van der Waals surface area contributed by atoms with Crippen LogP contribution < -0.4 is 5.32 Å². The molecule has 0 bridgehead atoms. The Kier molecular flexibility index (Phi) is 3.10. The molecule has 0 unspecified atom stereocenters. The molecule has 3 nitrogen and oxygen atoms in total. The third-order valence-corrected chi connectivity index (χ3v) is 3.48. The monoisotopic (exact) mass is 255 g/mol. The van der Waals surface area contributed by atoms with Crippen molar-refractivity contribution in [2.24, 2.45) is 0 Å². The molecule has 0 spiro atoms. The summed E-state index contributed by atoms with van der Waals surface area (Å²) in [5.74, 6) is 0. The van der Waals surface area contributed by atoms with Gasteiger partial charge in [-0.05, 0) is 30.3 Å². The first kappa shape index (κ1) is 11.0. The van der Waals surface area contributed by atoms with E-state index in [1.165, 1.54) is 4.88 Å². The molecule has 1 aromatic carbocycles. The fraction of sp³-hybridized carbons (Fsp3) is 0.0714. The molecule has 0 radical (unpaired) electrons. The predicted molar refractivity (Wildman–Crippen MR) is 75.2 cm³/mol. The van der Waals surface area contributed by atoms with Gasteiger partial charge in [0.2, 0.25) is 0 Å². The first-order valence-corrected chi connectivity index (χ1v) is 6.64. The number of anilines is 1. The van der Waals surface area contributed by atoms with Crippen LogP contribution in [0.25, 0.3) is 5.69 Å². The third-order valence-electron chi connectivity index (χ3n) is 2.70. The highest BCUT2D eigenvalue weighted by atomic mass is 32.1. The van der Waals surface area contributed by atoms with Crippen LogP contribution in [-0.4, -0.2) is 9.55 Å². The number of hydrogen-bond acceptors (Lipinski definition) is 3. The minimum absolute atomic E-state index is 0.819. The van der Waals surface area contributed by atoms with E-state index in [0.717, 1.165) is 17.9 Å². The van der Waals surface area contributed by atoms with Crippen LogP contribution >= 0.6 is 11.3 Å². The number of nitrogens with one attached hydrogen (secondary N) is 1. The van der Waals surface area contributed by atoms with E-state index in [1.54, 1.807) is 11.3 Å². The van der Waals surface area contributed by atoms with Gasteiger partial charge in [0, 0.05) is 34.8 Å². The van der Waals surface area contributed by atoms with Crippen molar-refractivity contribution in [2.75, 3.05) is 5.32 Å². The molecule has 0 aliphatic rings. The van der Waals surface area contributed by atoms with Crippen molar-refractivity contribution < 1.29 is 0 Å². The number of rotatable bonds is 4. The maximum Gasteiger partial charge on any atom is 0.0794 e. The molecule has 3 aromatic rings. The van der Waals surface area contributed by atoms with E-state index in [2.05, 4.69) is 39.1 Å². The molecule has 4 heteroatoms. The summed E-state index contributed by atoms with van der Waals surface area (Å²) in [7, 11) is 0. The van der Waals surface area contributed by atoms with Crippen molar-refractivity contribution in [2.45, 2.75) is 6.54 Å². The topological polar surface area (TPSA) is 29.9 Å². The van der Waals surface area contributed by atoms with Gasteiger partial charge in [-0.15, -0.1) is 11.3 Å². The first-order valence-electron chi connectivity index (χ1n) is 5.76. The van der Waals surface area contributed by atoms with E-state index < -0.39 is 0 Å². The zero-order chi connectivity index (χ0) is 12.2. The van der Waals surface area contributed by atoms with E-state index in [9.17, 15) is 0 Å². The largest absolute Gasteiger partial charge is 0.380 e. The van der Waals surface area contributed by atoms with Crippen LogP contribution in [0, 0.1) is 0 Å². The molecule has 2 heterocycles. The molecule has 0 saturated heterocycles. The van der Waals surface area contributed by atoms with Gasteiger partial charge >= 0.3 is 0 Å². The lowest BCUT2D eigenvalue weighted by molar-refractivity contribution is 1.08. The Morgan fingerprint density at radius 1 is 1.17 bits per heavy atom. The highest BCUT2D eigenvalue weighted by molar-refractivity contribution is 7.09. The van der Waals surface area contributed by atoms with Crippen molar-refractivity contribution in [3.8, 4) is 5.69 Å². The lowest BCUT2D eigenvalue weighted by atomic mass is 10.2. The van der Waals surface area contributed by atoms with Gasteiger partial charge in [0.25, 0.3) is 0 Å². The lowest BCUT2D eigenvalue weighted by Crippen LogP contribution is -1.98. The molecule has 3 rings (SSSR count). The molecule has 0 amide bonds. The van der Waals surface area contributed by atoms with Crippen LogP contribution in [0.4, 0.5) is 5.69 Å². The summed E-state index contributed by atoms with van der Waals surface area (Å²) < 4.78 is 2.10. The highest BCUT2D eigenvalue weighted by Gasteiger charge is 1.98. The summed E-state index contributed by atoms with van der Waals surface area (Å²) in [6.07, 6.45) is 5.98. The zero-order valence-electron chi connectivity index (χ0n) is 9.78. The molecule has 1 N–H and O–H groups in total. The summed E-state index contributed by atoms with van der Waals surface area (Å²) >= 11 is 1.67. The van der Waals surface area contributed by atoms with Crippen molar-refractivity contribution in [3.05, 3.63) is 65.4 Å². The van der Waals surface area contributed by atoms with Crippen molar-refractivity contribution in [1.29, 1.82) is 0 Å². The predicted octanol–water partition coefficient (Wildman–Crippen LogP) is 3.55. The molecule has 18 heavy (non-hydrogen) atoms. The van der Waals surface area contributed by atoms with Crippen molar-refractivity contribution >= 4 is 17.0 Å². The average molecular weight is 255 g/mol. The molecule has 2 aromatic heterocycles. The molecular formula is C14H13N3S. The average Bonchev–Trinajstić information content (AvgIpc) is 3.10. The Balaban J connectivity index is 1.75. The Morgan fingerprint density at radius 3 is 2.83 bits per heavy atom. The quantitative estimate of drug-likeness (QED) is 0.772. The van der Waals surface area contributed by atoms with Gasteiger partial charge in [0.1, 0.15) is 0 Å². The Bertz CT molecular complexity index is 600. The molecule has 0 aliphatic carbocycles. The molecule has 0 atom stereocenters. The van der Waals surface area contributed by atoms with Crippen LogP contribution in [0.15, 0.2) is 60.5 Å². The molecule has 0 aliphatic heterocycles. The summed E-state index contributed by atoms with van der Waals surface area (Å²) in [6.45, 7) is 0.819. The molecule has 0 fully saturated rings. The van der Waals surface area contributed by atoms with E-state index in [4.69, 9.17) is 0 Å². The molecule has 0 saturated carbocycles. The van der Waals surface area contributed by atoms with Crippen molar-refractivity contribution in [1.82, 2.24) is 9.55 Å². The normalized spacial score (nSPS) is 10.4. The highest BCUT2D eigenvalue weighted by Crippen LogP contribution is 2.16. The summed E-state index contributed by atoms with van der Waals surface area (Å²) in [5.41, 5.74) is 4.14. The van der Waals surface area contributed by atoms with Gasteiger partial charge in [-0.25, -0.2) is 0 Å². The van der Waals surface area contributed by atoms with Crippen LogP contribution in [-0.2, 0) is 6.54 Å². The summed E-state index contributed by atoms with van der Waals surface area (Å²) in [6, 6.07) is 12.4. The van der Waals surface area contributed by atoms with Crippen LogP contribution in [0.1, 0.15) is 4.88 Å². The third kappa shape index (κ3) is 2.43. The van der Waals surface area contributed by atoms with E-state index in [-0.39, 0.29) is 0 Å². The number of aromatic nitrogens is 2. The minimum Gasteiger partial charge on any atom is -0.380 e. The van der Waals surface area contributed by atoms with Gasteiger partial charge in [0.05, 0.1) is 12.1 Å². The van der Waals surface area contributed by atoms with Crippen LogP contribution in [0.2, 0.25) is 0 Å². The fourth-order valence-corrected chi connectivity index (χ4v) is 2.34. The first-order chi connectivity index (χ1) is 8.92. The standard InChI is InChI=1S/C14H13N3S/c1-2-7-17(6-1)13-5-3-4-12(8-13)16-10-14-9-15-11-18-14/h1-9,11,16H,10H2. The SMILES string of the molecule is c1cc(NCc2cncs2)cc(-n2cccc2)c1. The summed E-state index contributed by atoms with van der Waals surface area (Å²) in [4.78, 5) is 5.30. The van der Waals surface area contributed by atoms with E-state index >= 15 is 0 Å². The second-order valence-electron chi connectivity index (χ2n) is 3.96. The van der Waals surface area contributed by atoms with Gasteiger partial charge in [-0.3, -0.25) is 4.98 Å². The smallest absolute Gasteiger partial charge is 0.0794 e. The maximum atomic E-state index is 4.07. The van der Waals surface area contributed by atoms with E-state index in [1.807, 2.05) is 36.2 Å².